The Kier molecular flexibility index (Phi) is 6.01. The van der Waals surface area contributed by atoms with E-state index >= 15 is 0 Å². The van der Waals surface area contributed by atoms with Gasteiger partial charge in [0, 0.05) is 11.1 Å². The number of hydrogen-bond acceptors (Lipinski definition) is 1. The second-order valence-corrected chi connectivity index (χ2v) is 5.85. The summed E-state index contributed by atoms with van der Waals surface area (Å²) in [6.07, 6.45) is 1.22. The van der Waals surface area contributed by atoms with Gasteiger partial charge in [0.15, 0.2) is 0 Å². The van der Waals surface area contributed by atoms with E-state index < -0.39 is 0 Å². The van der Waals surface area contributed by atoms with Gasteiger partial charge in [0.2, 0.25) is 0 Å². The first kappa shape index (κ1) is 14.5. The summed E-state index contributed by atoms with van der Waals surface area (Å²) < 4.78 is 0. The molecule has 1 atom stereocenters. The third kappa shape index (κ3) is 5.10. The first-order valence-electron chi connectivity index (χ1n) is 6.49. The maximum absolute atomic E-state index is 5.92. The Balaban J connectivity index is 2.62. The van der Waals surface area contributed by atoms with Crippen LogP contribution in [0.15, 0.2) is 24.3 Å². The molecule has 0 bridgehead atoms. The summed E-state index contributed by atoms with van der Waals surface area (Å²) in [5.41, 5.74) is 1.33. The topological polar surface area (TPSA) is 12.0 Å². The molecule has 0 amide bonds. The smallest absolute Gasteiger partial charge is 0.0406 e. The fraction of sp³-hybridized carbons (Fsp3) is 0.600. The van der Waals surface area contributed by atoms with Crippen LogP contribution in [0, 0.1) is 11.8 Å². The number of hydrogen-bond donors (Lipinski definition) is 1. The Labute approximate surface area is 111 Å². The summed E-state index contributed by atoms with van der Waals surface area (Å²) in [4.78, 5) is 0. The lowest BCUT2D eigenvalue weighted by molar-refractivity contribution is 0.394. The lowest BCUT2D eigenvalue weighted by atomic mass is 9.95. The van der Waals surface area contributed by atoms with Crippen LogP contribution < -0.4 is 5.32 Å². The molecule has 0 fully saturated rings. The Morgan fingerprint density at radius 2 is 1.65 bits per heavy atom. The summed E-state index contributed by atoms with van der Waals surface area (Å²) in [5, 5.41) is 4.45. The van der Waals surface area contributed by atoms with Crippen molar-refractivity contribution < 1.29 is 0 Å². The van der Waals surface area contributed by atoms with E-state index in [1.807, 2.05) is 12.1 Å². The second kappa shape index (κ2) is 7.03. The molecule has 0 aliphatic rings. The van der Waals surface area contributed by atoms with Crippen molar-refractivity contribution in [1.82, 2.24) is 5.32 Å². The molecule has 1 N–H and O–H groups in total. The summed E-state index contributed by atoms with van der Waals surface area (Å²) in [5.74, 6) is 1.34. The molecule has 0 radical (unpaired) electrons. The maximum atomic E-state index is 5.92. The van der Waals surface area contributed by atoms with Crippen LogP contribution in [0.5, 0.6) is 0 Å². The van der Waals surface area contributed by atoms with Gasteiger partial charge in [-0.2, -0.15) is 0 Å². The van der Waals surface area contributed by atoms with E-state index in [0.29, 0.717) is 12.0 Å². The highest BCUT2D eigenvalue weighted by Crippen LogP contribution is 2.23. The summed E-state index contributed by atoms with van der Waals surface area (Å²) in [7, 11) is 0. The van der Waals surface area contributed by atoms with E-state index in [0.717, 1.165) is 17.5 Å². The van der Waals surface area contributed by atoms with Crippen molar-refractivity contribution in [1.29, 1.82) is 0 Å². The van der Waals surface area contributed by atoms with Gasteiger partial charge in [0.05, 0.1) is 0 Å². The number of halogens is 1. The molecule has 0 spiro atoms. The van der Waals surface area contributed by atoms with Crippen LogP contribution in [-0.2, 0) is 0 Å². The largest absolute Gasteiger partial charge is 0.310 e. The molecule has 0 aliphatic heterocycles. The van der Waals surface area contributed by atoms with Crippen molar-refractivity contribution in [2.45, 2.75) is 40.2 Å². The van der Waals surface area contributed by atoms with Crippen LogP contribution in [0.1, 0.15) is 45.7 Å². The Morgan fingerprint density at radius 1 is 1.06 bits per heavy atom. The predicted octanol–water partition coefficient (Wildman–Crippen LogP) is 4.67. The molecule has 0 saturated carbocycles. The quantitative estimate of drug-likeness (QED) is 0.777. The third-order valence-electron chi connectivity index (χ3n) is 2.98. The molecular weight excluding hydrogens is 230 g/mol. The highest BCUT2D eigenvalue weighted by molar-refractivity contribution is 6.30. The fourth-order valence-corrected chi connectivity index (χ4v) is 2.06. The van der Waals surface area contributed by atoms with Crippen molar-refractivity contribution in [2.24, 2.45) is 11.8 Å². The van der Waals surface area contributed by atoms with E-state index in [1.165, 1.54) is 12.0 Å². The molecule has 0 aromatic heterocycles. The minimum absolute atomic E-state index is 0.422. The van der Waals surface area contributed by atoms with E-state index in [9.17, 15) is 0 Å². The Morgan fingerprint density at radius 3 is 2.12 bits per heavy atom. The molecular formula is C15H24ClN. The standard InChI is InChI=1S/C15H24ClN/c1-11(2)9-10-17-15(12(3)4)13-5-7-14(16)8-6-13/h5-8,11-12,15,17H,9-10H2,1-4H3. The van der Waals surface area contributed by atoms with Crippen molar-refractivity contribution in [3.05, 3.63) is 34.9 Å². The lowest BCUT2D eigenvalue weighted by Gasteiger charge is -2.23. The molecule has 1 aromatic rings. The zero-order valence-electron chi connectivity index (χ0n) is 11.3. The number of nitrogens with one attached hydrogen (secondary N) is 1. The third-order valence-corrected chi connectivity index (χ3v) is 3.23. The molecule has 17 heavy (non-hydrogen) atoms. The average molecular weight is 254 g/mol. The number of benzene rings is 1. The van der Waals surface area contributed by atoms with Gasteiger partial charge in [-0.3, -0.25) is 0 Å². The highest BCUT2D eigenvalue weighted by Gasteiger charge is 2.14. The molecule has 1 nitrogen and oxygen atoms in total. The molecule has 0 aliphatic carbocycles. The zero-order valence-corrected chi connectivity index (χ0v) is 12.1. The van der Waals surface area contributed by atoms with Crippen LogP contribution in [0.2, 0.25) is 5.02 Å². The van der Waals surface area contributed by atoms with Crippen molar-refractivity contribution in [2.75, 3.05) is 6.54 Å². The van der Waals surface area contributed by atoms with Crippen LogP contribution in [-0.4, -0.2) is 6.54 Å². The van der Waals surface area contributed by atoms with Crippen LogP contribution >= 0.6 is 11.6 Å². The predicted molar refractivity (Wildman–Crippen MR) is 76.5 cm³/mol. The fourth-order valence-electron chi connectivity index (χ4n) is 1.94. The lowest BCUT2D eigenvalue weighted by Crippen LogP contribution is -2.27. The number of rotatable bonds is 6. The summed E-state index contributed by atoms with van der Waals surface area (Å²) in [6, 6.07) is 8.60. The van der Waals surface area contributed by atoms with Gasteiger partial charge in [-0.1, -0.05) is 51.4 Å². The van der Waals surface area contributed by atoms with E-state index in [2.05, 4.69) is 45.1 Å². The summed E-state index contributed by atoms with van der Waals surface area (Å²) in [6.45, 7) is 10.1. The SMILES string of the molecule is CC(C)CCNC(c1ccc(Cl)cc1)C(C)C. The molecule has 0 saturated heterocycles. The Bertz CT molecular complexity index is 316. The monoisotopic (exact) mass is 253 g/mol. The maximum Gasteiger partial charge on any atom is 0.0406 e. The van der Waals surface area contributed by atoms with Gasteiger partial charge in [-0.25, -0.2) is 0 Å². The minimum Gasteiger partial charge on any atom is -0.310 e. The van der Waals surface area contributed by atoms with Crippen molar-refractivity contribution in [3.8, 4) is 0 Å². The molecule has 1 unspecified atom stereocenters. The van der Waals surface area contributed by atoms with Crippen molar-refractivity contribution in [3.63, 3.8) is 0 Å². The molecule has 2 heteroatoms. The highest BCUT2D eigenvalue weighted by atomic mass is 35.5. The first-order chi connectivity index (χ1) is 8.00. The molecule has 1 aromatic carbocycles. The normalized spacial score (nSPS) is 13.4. The van der Waals surface area contributed by atoms with Crippen LogP contribution in [0.4, 0.5) is 0 Å². The van der Waals surface area contributed by atoms with E-state index in [4.69, 9.17) is 11.6 Å². The van der Waals surface area contributed by atoms with Gasteiger partial charge < -0.3 is 5.32 Å². The minimum atomic E-state index is 0.422. The van der Waals surface area contributed by atoms with Gasteiger partial charge in [0.25, 0.3) is 0 Å². The summed E-state index contributed by atoms with van der Waals surface area (Å²) >= 11 is 5.92. The van der Waals surface area contributed by atoms with Crippen LogP contribution in [0.3, 0.4) is 0 Å². The van der Waals surface area contributed by atoms with Crippen LogP contribution in [0.25, 0.3) is 0 Å². The Hall–Kier alpha value is -0.530. The van der Waals surface area contributed by atoms with Gasteiger partial charge in [0.1, 0.15) is 0 Å². The van der Waals surface area contributed by atoms with Gasteiger partial charge in [-0.15, -0.1) is 0 Å². The second-order valence-electron chi connectivity index (χ2n) is 5.41. The van der Waals surface area contributed by atoms with Crippen molar-refractivity contribution >= 4 is 11.6 Å². The van der Waals surface area contributed by atoms with E-state index in [1.54, 1.807) is 0 Å². The zero-order chi connectivity index (χ0) is 12.8. The van der Waals surface area contributed by atoms with E-state index in [-0.39, 0.29) is 0 Å². The van der Waals surface area contributed by atoms with Gasteiger partial charge >= 0.3 is 0 Å². The average Bonchev–Trinajstić information content (AvgIpc) is 2.25. The van der Waals surface area contributed by atoms with Gasteiger partial charge in [-0.05, 0) is 42.5 Å². The molecule has 1 rings (SSSR count). The molecule has 0 heterocycles. The first-order valence-corrected chi connectivity index (χ1v) is 6.87. The molecule has 96 valence electrons.